The topological polar surface area (TPSA) is 46.2 Å². The number of hydrazine groups is 1. The highest BCUT2D eigenvalue weighted by Crippen LogP contribution is 2.27. The molecule has 0 saturated heterocycles. The molecular weight excluding hydrogens is 252 g/mol. The van der Waals surface area contributed by atoms with Crippen LogP contribution in [0.3, 0.4) is 0 Å². The van der Waals surface area contributed by atoms with Gasteiger partial charge in [0.2, 0.25) is 11.6 Å². The first kappa shape index (κ1) is 13.2. The Bertz CT molecular complexity index is 570. The van der Waals surface area contributed by atoms with Gasteiger partial charge in [-0.15, -0.1) is 0 Å². The van der Waals surface area contributed by atoms with Gasteiger partial charge in [0.05, 0.1) is 11.9 Å². The molecule has 0 amide bonds. The number of ether oxygens (including phenoxy) is 1. The lowest BCUT2D eigenvalue weighted by molar-refractivity contribution is 0.395. The van der Waals surface area contributed by atoms with Gasteiger partial charge in [-0.25, -0.2) is 19.2 Å². The van der Waals surface area contributed by atoms with Crippen molar-refractivity contribution < 1.29 is 13.5 Å². The average Bonchev–Trinajstić information content (AvgIpc) is 2.37. The first-order chi connectivity index (χ1) is 9.11. The molecule has 1 aromatic carbocycles. The van der Waals surface area contributed by atoms with Gasteiger partial charge in [-0.1, -0.05) is 6.07 Å². The van der Waals surface area contributed by atoms with Crippen LogP contribution in [-0.2, 0) is 0 Å². The van der Waals surface area contributed by atoms with Crippen LogP contribution < -0.4 is 15.6 Å². The highest BCUT2D eigenvalue weighted by Gasteiger charge is 2.12. The van der Waals surface area contributed by atoms with E-state index in [1.807, 2.05) is 6.92 Å². The molecule has 0 aliphatic heterocycles. The summed E-state index contributed by atoms with van der Waals surface area (Å²) in [7, 11) is 1.72. The summed E-state index contributed by atoms with van der Waals surface area (Å²) in [5.74, 6) is -1.86. The minimum atomic E-state index is -0.767. The Kier molecular flexibility index (Phi) is 3.91. The van der Waals surface area contributed by atoms with Crippen molar-refractivity contribution in [2.75, 3.05) is 12.5 Å². The molecule has 2 N–H and O–H groups in total. The first-order valence-electron chi connectivity index (χ1n) is 5.63. The molecule has 1 heterocycles. The van der Waals surface area contributed by atoms with Gasteiger partial charge in [0.15, 0.2) is 11.6 Å². The summed E-state index contributed by atoms with van der Waals surface area (Å²) >= 11 is 0. The maximum atomic E-state index is 13.4. The fourth-order valence-electron chi connectivity index (χ4n) is 1.54. The SMILES string of the molecule is CNNc1cnc(Oc2c(F)cccc2F)cc1C. The number of benzene rings is 1. The van der Waals surface area contributed by atoms with E-state index < -0.39 is 17.4 Å². The number of para-hydroxylation sites is 1. The van der Waals surface area contributed by atoms with Crippen molar-refractivity contribution in [1.82, 2.24) is 10.4 Å². The smallest absolute Gasteiger partial charge is 0.219 e. The Hall–Kier alpha value is -2.21. The van der Waals surface area contributed by atoms with Crippen molar-refractivity contribution in [3.8, 4) is 11.6 Å². The molecule has 0 spiro atoms. The molecule has 0 radical (unpaired) electrons. The van der Waals surface area contributed by atoms with Gasteiger partial charge >= 0.3 is 0 Å². The zero-order valence-electron chi connectivity index (χ0n) is 10.5. The number of nitrogens with zero attached hydrogens (tertiary/aromatic N) is 1. The molecule has 100 valence electrons. The van der Waals surface area contributed by atoms with Crippen LogP contribution >= 0.6 is 0 Å². The highest BCUT2D eigenvalue weighted by atomic mass is 19.1. The average molecular weight is 265 g/mol. The molecular formula is C13H13F2N3O. The fourth-order valence-corrected chi connectivity index (χ4v) is 1.54. The quantitative estimate of drug-likeness (QED) is 0.834. The molecule has 1 aromatic heterocycles. The molecule has 0 bridgehead atoms. The van der Waals surface area contributed by atoms with Gasteiger partial charge in [0.1, 0.15) is 0 Å². The molecule has 2 rings (SSSR count). The number of anilines is 1. The van der Waals surface area contributed by atoms with E-state index in [0.717, 1.165) is 23.4 Å². The number of halogens is 2. The van der Waals surface area contributed by atoms with Crippen molar-refractivity contribution in [2.45, 2.75) is 6.92 Å². The van der Waals surface area contributed by atoms with Crippen LogP contribution in [0.1, 0.15) is 5.56 Å². The molecule has 0 saturated carbocycles. The van der Waals surface area contributed by atoms with E-state index in [2.05, 4.69) is 15.8 Å². The third-order valence-electron chi connectivity index (χ3n) is 2.47. The monoisotopic (exact) mass is 265 g/mol. The van der Waals surface area contributed by atoms with E-state index in [1.54, 1.807) is 13.1 Å². The van der Waals surface area contributed by atoms with Gasteiger partial charge < -0.3 is 10.2 Å². The Balaban J connectivity index is 2.27. The molecule has 0 atom stereocenters. The van der Waals surface area contributed by atoms with Crippen LogP contribution in [0.2, 0.25) is 0 Å². The van der Waals surface area contributed by atoms with Gasteiger partial charge in [0.25, 0.3) is 0 Å². The van der Waals surface area contributed by atoms with Crippen molar-refractivity contribution in [3.05, 3.63) is 47.7 Å². The van der Waals surface area contributed by atoms with E-state index in [-0.39, 0.29) is 5.88 Å². The number of pyridine rings is 1. The van der Waals surface area contributed by atoms with E-state index in [9.17, 15) is 8.78 Å². The lowest BCUT2D eigenvalue weighted by Gasteiger charge is -2.10. The number of hydrogen-bond donors (Lipinski definition) is 2. The van der Waals surface area contributed by atoms with Gasteiger partial charge in [-0.05, 0) is 24.6 Å². The largest absolute Gasteiger partial charge is 0.433 e. The summed E-state index contributed by atoms with van der Waals surface area (Å²) in [6.45, 7) is 1.83. The molecule has 0 unspecified atom stereocenters. The summed E-state index contributed by atoms with van der Waals surface area (Å²) in [6.07, 6.45) is 1.51. The number of aromatic nitrogens is 1. The minimum Gasteiger partial charge on any atom is -0.433 e. The summed E-state index contributed by atoms with van der Waals surface area (Å²) in [4.78, 5) is 3.98. The normalized spacial score (nSPS) is 10.3. The Labute approximate surface area is 109 Å². The second-order valence-corrected chi connectivity index (χ2v) is 3.87. The van der Waals surface area contributed by atoms with E-state index in [1.165, 1.54) is 12.3 Å². The van der Waals surface area contributed by atoms with Gasteiger partial charge in [0, 0.05) is 13.1 Å². The molecule has 0 aliphatic carbocycles. The zero-order chi connectivity index (χ0) is 13.8. The number of nitrogens with one attached hydrogen (secondary N) is 2. The Morgan fingerprint density at radius 2 is 1.89 bits per heavy atom. The lowest BCUT2D eigenvalue weighted by atomic mass is 10.2. The van der Waals surface area contributed by atoms with Crippen molar-refractivity contribution >= 4 is 5.69 Å². The van der Waals surface area contributed by atoms with E-state index >= 15 is 0 Å². The van der Waals surface area contributed by atoms with Crippen molar-refractivity contribution in [1.29, 1.82) is 0 Å². The Morgan fingerprint density at radius 3 is 2.47 bits per heavy atom. The zero-order valence-corrected chi connectivity index (χ0v) is 10.5. The summed E-state index contributed by atoms with van der Waals surface area (Å²) in [5, 5.41) is 0. The molecule has 19 heavy (non-hydrogen) atoms. The fraction of sp³-hybridized carbons (Fsp3) is 0.154. The van der Waals surface area contributed by atoms with Gasteiger partial charge in [-0.2, -0.15) is 0 Å². The van der Waals surface area contributed by atoms with Crippen LogP contribution in [0, 0.1) is 18.6 Å². The van der Waals surface area contributed by atoms with Crippen molar-refractivity contribution in [3.63, 3.8) is 0 Å². The van der Waals surface area contributed by atoms with Crippen molar-refractivity contribution in [2.24, 2.45) is 0 Å². The number of hydrogen-bond acceptors (Lipinski definition) is 4. The molecule has 4 nitrogen and oxygen atoms in total. The molecule has 2 aromatic rings. The summed E-state index contributed by atoms with van der Waals surface area (Å²) in [5.41, 5.74) is 7.22. The van der Waals surface area contributed by atoms with Crippen LogP contribution in [0.5, 0.6) is 11.6 Å². The van der Waals surface area contributed by atoms with Crippen LogP contribution in [0.25, 0.3) is 0 Å². The Morgan fingerprint density at radius 1 is 1.21 bits per heavy atom. The summed E-state index contributed by atoms with van der Waals surface area (Å²) in [6, 6.07) is 5.12. The maximum Gasteiger partial charge on any atom is 0.219 e. The van der Waals surface area contributed by atoms with Crippen LogP contribution in [-0.4, -0.2) is 12.0 Å². The van der Waals surface area contributed by atoms with Crippen LogP contribution in [0.15, 0.2) is 30.5 Å². The minimum absolute atomic E-state index is 0.128. The maximum absolute atomic E-state index is 13.4. The second kappa shape index (κ2) is 5.62. The second-order valence-electron chi connectivity index (χ2n) is 3.87. The lowest BCUT2D eigenvalue weighted by Crippen LogP contribution is -2.16. The summed E-state index contributed by atoms with van der Waals surface area (Å²) < 4.78 is 32.0. The first-order valence-corrected chi connectivity index (χ1v) is 5.63. The molecule has 0 aliphatic rings. The van der Waals surface area contributed by atoms with Gasteiger partial charge in [-0.3, -0.25) is 0 Å². The predicted molar refractivity (Wildman–Crippen MR) is 68.1 cm³/mol. The predicted octanol–water partition coefficient (Wildman–Crippen LogP) is 3.01. The van der Waals surface area contributed by atoms with E-state index in [4.69, 9.17) is 4.74 Å². The molecule has 6 heteroatoms. The standard InChI is InChI=1S/C13H13F2N3O/c1-8-6-12(17-7-11(8)18-16-2)19-13-9(14)4-3-5-10(13)15/h3-7,16,18H,1-2H3. The third-order valence-corrected chi connectivity index (χ3v) is 2.47. The highest BCUT2D eigenvalue weighted by molar-refractivity contribution is 5.49. The third kappa shape index (κ3) is 2.97. The number of aryl methyl sites for hydroxylation is 1. The van der Waals surface area contributed by atoms with E-state index in [0.29, 0.717) is 0 Å². The number of rotatable bonds is 4. The molecule has 0 fully saturated rings. The van der Waals surface area contributed by atoms with Crippen LogP contribution in [0.4, 0.5) is 14.5 Å².